The van der Waals surface area contributed by atoms with Gasteiger partial charge < -0.3 is 15.0 Å². The van der Waals surface area contributed by atoms with Crippen LogP contribution in [0.2, 0.25) is 5.02 Å². The molecule has 3 aromatic rings. The average Bonchev–Trinajstić information content (AvgIpc) is 2.88. The van der Waals surface area contributed by atoms with Gasteiger partial charge in [-0.1, -0.05) is 70.0 Å². The summed E-state index contributed by atoms with van der Waals surface area (Å²) in [6.07, 6.45) is 1.25. The second kappa shape index (κ2) is 13.1. The van der Waals surface area contributed by atoms with E-state index in [2.05, 4.69) is 21.2 Å². The van der Waals surface area contributed by atoms with E-state index in [1.54, 1.807) is 0 Å². The number of methoxy groups -OCH3 is 1. The number of sulfonamides is 1. The maximum absolute atomic E-state index is 13.9. The quantitative estimate of drug-likeness (QED) is 0.345. The number of benzene rings is 3. The van der Waals surface area contributed by atoms with Gasteiger partial charge in [0.2, 0.25) is 21.8 Å². The number of nitrogens with one attached hydrogen (secondary N) is 1. The third-order valence-corrected chi connectivity index (χ3v) is 7.79. The minimum atomic E-state index is -3.89. The highest BCUT2D eigenvalue weighted by Gasteiger charge is 2.32. The number of carbonyl (C=O) groups excluding carboxylic acids is 2. The summed E-state index contributed by atoms with van der Waals surface area (Å²) in [5.41, 5.74) is 1.83. The number of carbonyl (C=O) groups is 2. The number of nitrogens with zero attached hydrogens (tertiary/aromatic N) is 2. The van der Waals surface area contributed by atoms with Gasteiger partial charge in [0.1, 0.15) is 18.3 Å². The van der Waals surface area contributed by atoms with Crippen molar-refractivity contribution in [2.24, 2.45) is 0 Å². The van der Waals surface area contributed by atoms with Crippen LogP contribution in [-0.4, -0.2) is 58.1 Å². The van der Waals surface area contributed by atoms with Crippen molar-refractivity contribution in [2.75, 3.05) is 31.3 Å². The Kier molecular flexibility index (Phi) is 10.2. The van der Waals surface area contributed by atoms with Gasteiger partial charge in [-0.2, -0.15) is 0 Å². The van der Waals surface area contributed by atoms with Gasteiger partial charge in [0.05, 0.1) is 24.1 Å². The fourth-order valence-electron chi connectivity index (χ4n) is 3.98. The van der Waals surface area contributed by atoms with Crippen LogP contribution < -0.4 is 14.4 Å². The van der Waals surface area contributed by atoms with E-state index in [4.69, 9.17) is 16.3 Å². The molecule has 0 spiro atoms. The largest absolute Gasteiger partial charge is 0.495 e. The van der Waals surface area contributed by atoms with Crippen LogP contribution in [0.5, 0.6) is 5.75 Å². The molecule has 0 bridgehead atoms. The minimum Gasteiger partial charge on any atom is -0.495 e. The van der Waals surface area contributed by atoms with Gasteiger partial charge in [-0.3, -0.25) is 13.9 Å². The molecule has 0 aliphatic rings. The summed E-state index contributed by atoms with van der Waals surface area (Å²) in [4.78, 5) is 28.4. The summed E-state index contributed by atoms with van der Waals surface area (Å²) in [7, 11) is -0.942. The van der Waals surface area contributed by atoms with Gasteiger partial charge >= 0.3 is 0 Å². The van der Waals surface area contributed by atoms with Crippen molar-refractivity contribution < 1.29 is 22.7 Å². The number of ether oxygens (including phenoxy) is 1. The maximum Gasteiger partial charge on any atom is 0.244 e. The van der Waals surface area contributed by atoms with E-state index in [1.807, 2.05) is 54.6 Å². The molecule has 0 radical (unpaired) electrons. The van der Waals surface area contributed by atoms with Gasteiger partial charge in [-0.15, -0.1) is 0 Å². The fraction of sp³-hybridized carbons (Fsp3) is 0.259. The van der Waals surface area contributed by atoms with Crippen LogP contribution in [0, 0.1) is 0 Å². The van der Waals surface area contributed by atoms with Gasteiger partial charge in [0.15, 0.2) is 0 Å². The molecule has 1 unspecified atom stereocenters. The second-order valence-corrected chi connectivity index (χ2v) is 11.8. The van der Waals surface area contributed by atoms with Crippen LogP contribution in [0.1, 0.15) is 11.1 Å². The number of hydrogen-bond acceptors (Lipinski definition) is 5. The molecule has 0 heterocycles. The van der Waals surface area contributed by atoms with Crippen LogP contribution in [0.3, 0.4) is 0 Å². The predicted molar refractivity (Wildman–Crippen MR) is 153 cm³/mol. The summed E-state index contributed by atoms with van der Waals surface area (Å²) < 4.78 is 32.6. The first-order valence-electron chi connectivity index (χ1n) is 11.6. The zero-order chi connectivity index (χ0) is 27.9. The van der Waals surface area contributed by atoms with Crippen LogP contribution in [0.15, 0.2) is 77.3 Å². The topological polar surface area (TPSA) is 96.0 Å². The second-order valence-electron chi connectivity index (χ2n) is 8.56. The lowest BCUT2D eigenvalue weighted by molar-refractivity contribution is -0.139. The molecule has 3 rings (SSSR count). The molecule has 38 heavy (non-hydrogen) atoms. The fourth-order valence-corrected chi connectivity index (χ4v) is 5.52. The molecule has 3 aromatic carbocycles. The first-order valence-corrected chi connectivity index (χ1v) is 14.7. The third-order valence-electron chi connectivity index (χ3n) is 5.86. The molecular weight excluding hydrogens is 594 g/mol. The van der Waals surface area contributed by atoms with Crippen molar-refractivity contribution >= 4 is 55.1 Å². The summed E-state index contributed by atoms with van der Waals surface area (Å²) in [5.74, 6) is -0.545. The van der Waals surface area contributed by atoms with Crippen LogP contribution >= 0.6 is 27.5 Å². The number of likely N-dealkylation sites (N-methyl/N-ethyl adjacent to an activating group) is 1. The van der Waals surface area contributed by atoms with Crippen LogP contribution in [-0.2, 0) is 32.6 Å². The van der Waals surface area contributed by atoms with Crippen molar-refractivity contribution in [1.29, 1.82) is 0 Å². The molecule has 0 aliphatic carbocycles. The Morgan fingerprint density at radius 3 is 2.29 bits per heavy atom. The van der Waals surface area contributed by atoms with Gasteiger partial charge in [-0.05, 0) is 41.5 Å². The van der Waals surface area contributed by atoms with E-state index in [0.717, 1.165) is 26.2 Å². The predicted octanol–water partition coefficient (Wildman–Crippen LogP) is 4.26. The highest BCUT2D eigenvalue weighted by Crippen LogP contribution is 2.30. The Hall–Kier alpha value is -3.08. The molecule has 0 aromatic heterocycles. The maximum atomic E-state index is 13.9. The lowest BCUT2D eigenvalue weighted by atomic mass is 10.0. The number of hydrogen-bond donors (Lipinski definition) is 1. The lowest BCUT2D eigenvalue weighted by Gasteiger charge is -2.33. The van der Waals surface area contributed by atoms with E-state index in [0.29, 0.717) is 5.75 Å². The molecule has 8 nitrogen and oxygen atoms in total. The molecular formula is C27H29BrClN3O5S. The van der Waals surface area contributed by atoms with E-state index >= 15 is 0 Å². The van der Waals surface area contributed by atoms with Gasteiger partial charge in [0.25, 0.3) is 0 Å². The summed E-state index contributed by atoms with van der Waals surface area (Å²) in [6, 6.07) is 20.3. The Morgan fingerprint density at radius 1 is 1.03 bits per heavy atom. The van der Waals surface area contributed by atoms with Crippen molar-refractivity contribution in [3.8, 4) is 5.75 Å². The summed E-state index contributed by atoms with van der Waals surface area (Å²) in [6.45, 7) is -0.443. The third kappa shape index (κ3) is 7.72. The monoisotopic (exact) mass is 621 g/mol. The van der Waals surface area contributed by atoms with Gasteiger partial charge in [0, 0.05) is 24.5 Å². The van der Waals surface area contributed by atoms with E-state index < -0.39 is 28.5 Å². The first-order chi connectivity index (χ1) is 18.0. The first kappa shape index (κ1) is 29.5. The highest BCUT2D eigenvalue weighted by molar-refractivity contribution is 9.10. The number of halogens is 2. The SMILES string of the molecule is CNC(=O)C(Cc1ccccc1)N(Cc1cccc(Br)c1)C(=O)CN(c1ccc(OC)c(Cl)c1)S(C)(=O)=O. The molecule has 1 N–H and O–H groups in total. The summed E-state index contributed by atoms with van der Waals surface area (Å²) >= 11 is 9.69. The number of anilines is 1. The van der Waals surface area contributed by atoms with E-state index in [-0.39, 0.29) is 29.6 Å². The molecule has 0 aliphatic heterocycles. The zero-order valence-corrected chi connectivity index (χ0v) is 24.4. The van der Waals surface area contributed by atoms with E-state index in [1.165, 1.54) is 37.3 Å². The Morgan fingerprint density at radius 2 is 1.71 bits per heavy atom. The average molecular weight is 623 g/mol. The van der Waals surface area contributed by atoms with E-state index in [9.17, 15) is 18.0 Å². The number of rotatable bonds is 11. The highest BCUT2D eigenvalue weighted by atomic mass is 79.9. The smallest absolute Gasteiger partial charge is 0.244 e. The molecule has 0 saturated carbocycles. The van der Waals surface area contributed by atoms with Crippen molar-refractivity contribution in [3.05, 3.63) is 93.4 Å². The molecule has 2 amide bonds. The molecule has 0 fully saturated rings. The number of amides is 2. The summed E-state index contributed by atoms with van der Waals surface area (Å²) in [5, 5.41) is 2.85. The van der Waals surface area contributed by atoms with Crippen molar-refractivity contribution in [2.45, 2.75) is 19.0 Å². The Labute approximate surface area is 236 Å². The molecule has 202 valence electrons. The van der Waals surface area contributed by atoms with Gasteiger partial charge in [-0.25, -0.2) is 8.42 Å². The normalized spacial score (nSPS) is 11.9. The van der Waals surface area contributed by atoms with Crippen LogP contribution in [0.25, 0.3) is 0 Å². The molecule has 1 atom stereocenters. The molecule has 0 saturated heterocycles. The Balaban J connectivity index is 2.03. The minimum absolute atomic E-state index is 0.0875. The zero-order valence-electron chi connectivity index (χ0n) is 21.2. The van der Waals surface area contributed by atoms with Crippen molar-refractivity contribution in [1.82, 2.24) is 10.2 Å². The Bertz CT molecular complexity index is 1390. The van der Waals surface area contributed by atoms with Crippen molar-refractivity contribution in [3.63, 3.8) is 0 Å². The molecule has 11 heteroatoms. The standard InChI is InChI=1S/C27H29BrClN3O5S/c1-30-27(34)24(15-19-8-5-4-6-9-19)31(17-20-10-7-11-21(28)14-20)26(33)18-32(38(3,35)36)22-12-13-25(37-2)23(29)16-22/h4-14,16,24H,15,17-18H2,1-3H3,(H,30,34). The lowest BCUT2D eigenvalue weighted by Crippen LogP contribution is -2.52. The van der Waals surface area contributed by atoms with Crippen LogP contribution in [0.4, 0.5) is 5.69 Å².